The Morgan fingerprint density at radius 1 is 1.07 bits per heavy atom. The van der Waals surface area contributed by atoms with E-state index in [4.69, 9.17) is 0 Å². The lowest BCUT2D eigenvalue weighted by atomic mass is 9.84. The standard InChI is InChI=1S/C24H39N3O3/c1-17(2)15-27(23(30)12-19(4)13-24(5,6)7)16-22(29)25-14-21(28)26-20-10-8-9-18(3)11-20/h8-11,17,19H,12-16H2,1-7H3,(H,25,29)(H,26,28). The van der Waals surface area contributed by atoms with E-state index in [0.29, 0.717) is 18.7 Å². The van der Waals surface area contributed by atoms with Crippen molar-refractivity contribution in [2.75, 3.05) is 25.0 Å². The molecule has 6 nitrogen and oxygen atoms in total. The number of nitrogens with one attached hydrogen (secondary N) is 2. The van der Waals surface area contributed by atoms with Crippen molar-refractivity contribution in [2.24, 2.45) is 17.3 Å². The summed E-state index contributed by atoms with van der Waals surface area (Å²) in [6, 6.07) is 7.47. The minimum Gasteiger partial charge on any atom is -0.345 e. The first kappa shape index (κ1) is 25.7. The molecule has 0 aromatic heterocycles. The fourth-order valence-corrected chi connectivity index (χ4v) is 3.58. The molecule has 30 heavy (non-hydrogen) atoms. The lowest BCUT2D eigenvalue weighted by Gasteiger charge is -2.27. The van der Waals surface area contributed by atoms with Gasteiger partial charge in [0.05, 0.1) is 13.1 Å². The maximum Gasteiger partial charge on any atom is 0.243 e. The summed E-state index contributed by atoms with van der Waals surface area (Å²) >= 11 is 0. The Morgan fingerprint density at radius 2 is 1.73 bits per heavy atom. The number of rotatable bonds is 10. The molecule has 6 heteroatoms. The monoisotopic (exact) mass is 417 g/mol. The van der Waals surface area contributed by atoms with Gasteiger partial charge in [-0.3, -0.25) is 14.4 Å². The molecule has 0 aliphatic rings. The number of benzene rings is 1. The van der Waals surface area contributed by atoms with Crippen molar-refractivity contribution in [1.29, 1.82) is 0 Å². The number of amides is 3. The molecule has 1 rings (SSSR count). The average Bonchev–Trinajstić information content (AvgIpc) is 2.57. The second-order valence-corrected chi connectivity index (χ2v) is 9.94. The summed E-state index contributed by atoms with van der Waals surface area (Å²) in [6.45, 7) is 14.9. The van der Waals surface area contributed by atoms with Gasteiger partial charge in [0.15, 0.2) is 0 Å². The van der Waals surface area contributed by atoms with E-state index in [9.17, 15) is 14.4 Å². The number of hydrogen-bond acceptors (Lipinski definition) is 3. The van der Waals surface area contributed by atoms with Gasteiger partial charge in [-0.15, -0.1) is 0 Å². The van der Waals surface area contributed by atoms with Crippen molar-refractivity contribution in [2.45, 2.75) is 61.3 Å². The summed E-state index contributed by atoms with van der Waals surface area (Å²) in [7, 11) is 0. The molecular formula is C24H39N3O3. The Bertz CT molecular complexity index is 723. The van der Waals surface area contributed by atoms with Crippen LogP contribution in [0.3, 0.4) is 0 Å². The Balaban J connectivity index is 2.57. The van der Waals surface area contributed by atoms with E-state index >= 15 is 0 Å². The normalized spacial score (nSPS) is 12.4. The third-order valence-corrected chi connectivity index (χ3v) is 4.50. The SMILES string of the molecule is Cc1cccc(NC(=O)CNC(=O)CN(CC(C)C)C(=O)CC(C)CC(C)(C)C)c1. The largest absolute Gasteiger partial charge is 0.345 e. The maximum absolute atomic E-state index is 12.8. The summed E-state index contributed by atoms with van der Waals surface area (Å²) in [5.41, 5.74) is 1.89. The minimum absolute atomic E-state index is 0.0141. The third-order valence-electron chi connectivity index (χ3n) is 4.50. The highest BCUT2D eigenvalue weighted by atomic mass is 16.2. The van der Waals surface area contributed by atoms with Crippen LogP contribution in [-0.4, -0.2) is 42.3 Å². The van der Waals surface area contributed by atoms with Gasteiger partial charge in [0.2, 0.25) is 17.7 Å². The van der Waals surface area contributed by atoms with Gasteiger partial charge in [0, 0.05) is 18.7 Å². The Morgan fingerprint density at radius 3 is 2.30 bits per heavy atom. The number of aryl methyl sites for hydroxylation is 1. The van der Waals surface area contributed by atoms with Crippen LogP contribution in [0.15, 0.2) is 24.3 Å². The molecule has 0 radical (unpaired) electrons. The fourth-order valence-electron chi connectivity index (χ4n) is 3.58. The molecule has 0 aliphatic carbocycles. The second kappa shape index (κ2) is 11.7. The predicted molar refractivity (Wildman–Crippen MR) is 122 cm³/mol. The first-order chi connectivity index (χ1) is 13.9. The van der Waals surface area contributed by atoms with Crippen LogP contribution < -0.4 is 10.6 Å². The van der Waals surface area contributed by atoms with Gasteiger partial charge < -0.3 is 15.5 Å². The molecule has 168 valence electrons. The van der Waals surface area contributed by atoms with Gasteiger partial charge in [-0.1, -0.05) is 53.7 Å². The summed E-state index contributed by atoms with van der Waals surface area (Å²) in [5, 5.41) is 5.38. The Hall–Kier alpha value is -2.37. The molecule has 0 fully saturated rings. The van der Waals surface area contributed by atoms with E-state index in [1.807, 2.05) is 39.0 Å². The lowest BCUT2D eigenvalue weighted by Crippen LogP contribution is -2.44. The van der Waals surface area contributed by atoms with Crippen molar-refractivity contribution >= 4 is 23.4 Å². The van der Waals surface area contributed by atoms with E-state index in [1.54, 1.807) is 11.0 Å². The average molecular weight is 418 g/mol. The molecule has 0 saturated carbocycles. The van der Waals surface area contributed by atoms with Crippen molar-refractivity contribution in [3.8, 4) is 0 Å². The number of carbonyl (C=O) groups excluding carboxylic acids is 3. The van der Waals surface area contributed by atoms with Crippen LogP contribution >= 0.6 is 0 Å². The van der Waals surface area contributed by atoms with Gasteiger partial charge in [0.1, 0.15) is 0 Å². The van der Waals surface area contributed by atoms with Crippen LogP contribution in [-0.2, 0) is 14.4 Å². The van der Waals surface area contributed by atoms with Crippen LogP contribution in [0.4, 0.5) is 5.69 Å². The van der Waals surface area contributed by atoms with Crippen molar-refractivity contribution < 1.29 is 14.4 Å². The van der Waals surface area contributed by atoms with Crippen LogP contribution in [0.5, 0.6) is 0 Å². The fraction of sp³-hybridized carbons (Fsp3) is 0.625. The van der Waals surface area contributed by atoms with Crippen LogP contribution in [0.25, 0.3) is 0 Å². The van der Waals surface area contributed by atoms with Crippen molar-refractivity contribution in [3.63, 3.8) is 0 Å². The number of carbonyl (C=O) groups is 3. The highest BCUT2D eigenvalue weighted by Gasteiger charge is 2.23. The molecule has 1 aromatic rings. The zero-order valence-corrected chi connectivity index (χ0v) is 19.7. The minimum atomic E-state index is -0.327. The summed E-state index contributed by atoms with van der Waals surface area (Å²) in [6.07, 6.45) is 1.37. The first-order valence-electron chi connectivity index (χ1n) is 10.8. The van der Waals surface area contributed by atoms with E-state index in [-0.39, 0.29) is 48.1 Å². The lowest BCUT2D eigenvalue weighted by molar-refractivity contribution is -0.137. The summed E-state index contributed by atoms with van der Waals surface area (Å²) < 4.78 is 0. The van der Waals surface area contributed by atoms with Crippen molar-refractivity contribution in [1.82, 2.24) is 10.2 Å². The number of anilines is 1. The van der Waals surface area contributed by atoms with Gasteiger partial charge in [-0.25, -0.2) is 0 Å². The topological polar surface area (TPSA) is 78.5 Å². The third kappa shape index (κ3) is 11.0. The Kier molecular flexibility index (Phi) is 10.0. The first-order valence-corrected chi connectivity index (χ1v) is 10.8. The smallest absolute Gasteiger partial charge is 0.243 e. The van der Waals surface area contributed by atoms with Crippen molar-refractivity contribution in [3.05, 3.63) is 29.8 Å². The molecular weight excluding hydrogens is 378 g/mol. The predicted octanol–water partition coefficient (Wildman–Crippen LogP) is 4.00. The molecule has 1 atom stereocenters. The number of hydrogen-bond donors (Lipinski definition) is 2. The van der Waals surface area contributed by atoms with E-state index in [2.05, 4.69) is 38.3 Å². The molecule has 1 unspecified atom stereocenters. The van der Waals surface area contributed by atoms with Crippen LogP contribution in [0.1, 0.15) is 59.9 Å². The molecule has 0 heterocycles. The van der Waals surface area contributed by atoms with E-state index < -0.39 is 0 Å². The second-order valence-electron chi connectivity index (χ2n) is 9.94. The van der Waals surface area contributed by atoms with Gasteiger partial charge in [-0.2, -0.15) is 0 Å². The zero-order chi connectivity index (χ0) is 22.9. The maximum atomic E-state index is 12.8. The van der Waals surface area contributed by atoms with Crippen LogP contribution in [0.2, 0.25) is 0 Å². The Labute approximate surface area is 181 Å². The molecule has 0 aliphatic heterocycles. The van der Waals surface area contributed by atoms with Gasteiger partial charge in [0.25, 0.3) is 0 Å². The van der Waals surface area contributed by atoms with E-state index in [1.165, 1.54) is 0 Å². The highest BCUT2D eigenvalue weighted by Crippen LogP contribution is 2.26. The van der Waals surface area contributed by atoms with Gasteiger partial charge >= 0.3 is 0 Å². The summed E-state index contributed by atoms with van der Waals surface area (Å²) in [5.74, 6) is -0.138. The quantitative estimate of drug-likeness (QED) is 0.604. The number of nitrogens with zero attached hydrogens (tertiary/aromatic N) is 1. The molecule has 3 amide bonds. The molecule has 2 N–H and O–H groups in total. The highest BCUT2D eigenvalue weighted by molar-refractivity contribution is 5.95. The molecule has 1 aromatic carbocycles. The zero-order valence-electron chi connectivity index (χ0n) is 19.7. The van der Waals surface area contributed by atoms with E-state index in [0.717, 1.165) is 12.0 Å². The molecule has 0 bridgehead atoms. The van der Waals surface area contributed by atoms with Crippen LogP contribution in [0, 0.1) is 24.2 Å². The molecule has 0 saturated heterocycles. The van der Waals surface area contributed by atoms with Gasteiger partial charge in [-0.05, 0) is 48.3 Å². The summed E-state index contributed by atoms with van der Waals surface area (Å²) in [4.78, 5) is 38.9. The molecule has 0 spiro atoms.